The highest BCUT2D eigenvalue weighted by Gasteiger charge is 2.17. The number of aromatic nitrogens is 2. The summed E-state index contributed by atoms with van der Waals surface area (Å²) < 4.78 is 5.77. The van der Waals surface area contributed by atoms with E-state index in [0.717, 1.165) is 38.5 Å². The summed E-state index contributed by atoms with van der Waals surface area (Å²) in [6.45, 7) is 5.09. The smallest absolute Gasteiger partial charge is 0.303 e. The second kappa shape index (κ2) is 13.0. The maximum absolute atomic E-state index is 11.9. The van der Waals surface area contributed by atoms with Crippen molar-refractivity contribution in [3.63, 3.8) is 0 Å². The summed E-state index contributed by atoms with van der Waals surface area (Å²) in [5.41, 5.74) is 0.508. The van der Waals surface area contributed by atoms with Gasteiger partial charge < -0.3 is 14.7 Å². The molecule has 1 saturated heterocycles. The van der Waals surface area contributed by atoms with E-state index < -0.39 is 5.97 Å². The summed E-state index contributed by atoms with van der Waals surface area (Å²) in [6.07, 6.45) is 5.03. The summed E-state index contributed by atoms with van der Waals surface area (Å²) in [7, 11) is 0. The van der Waals surface area contributed by atoms with Crippen LogP contribution < -0.4 is 9.64 Å². The molecule has 8 nitrogen and oxygen atoms in total. The predicted octanol–water partition coefficient (Wildman–Crippen LogP) is 2.57. The Balaban J connectivity index is 0.00000225. The van der Waals surface area contributed by atoms with E-state index >= 15 is 0 Å². The van der Waals surface area contributed by atoms with Crippen LogP contribution in [0.15, 0.2) is 42.9 Å². The van der Waals surface area contributed by atoms with Crippen molar-refractivity contribution in [3.8, 4) is 5.75 Å². The average molecular weight is 457 g/mol. The Morgan fingerprint density at radius 1 is 1.00 bits per heavy atom. The van der Waals surface area contributed by atoms with Crippen LogP contribution in [0.2, 0.25) is 0 Å². The summed E-state index contributed by atoms with van der Waals surface area (Å²) in [6, 6.07) is 6.86. The molecule has 0 bridgehead atoms. The van der Waals surface area contributed by atoms with E-state index in [-0.39, 0.29) is 43.4 Å². The Morgan fingerprint density at radius 3 is 2.30 bits per heavy atom. The fraction of sp³-hybridized carbons (Fsp3) is 0.400. The molecule has 1 fully saturated rings. The number of carboxylic acids is 1. The first-order valence-corrected chi connectivity index (χ1v) is 9.33. The Bertz CT molecular complexity index is 785. The maximum atomic E-state index is 11.9. The standard InChI is InChI=1S/C20H24N4O4.2ClH/c25-18(5-6-20(26)27)16-1-3-17(4-2-16)28-14-13-23-9-11-24(12-10-23)19-15-21-7-8-22-19;;/h1-4,7-8,15H,5-6,9-14H2,(H,26,27);2*1H. The van der Waals surface area contributed by atoms with Crippen molar-refractivity contribution in [2.45, 2.75) is 12.8 Å². The SMILES string of the molecule is Cl.Cl.O=C(O)CCC(=O)c1ccc(OCCN2CCN(c3cnccn3)CC2)cc1. The van der Waals surface area contributed by atoms with Crippen LogP contribution in [0, 0.1) is 0 Å². The number of aliphatic carboxylic acids is 1. The van der Waals surface area contributed by atoms with Crippen LogP contribution >= 0.6 is 24.8 Å². The molecule has 3 rings (SSSR count). The minimum Gasteiger partial charge on any atom is -0.492 e. The van der Waals surface area contributed by atoms with E-state index in [9.17, 15) is 9.59 Å². The van der Waals surface area contributed by atoms with Gasteiger partial charge in [0.2, 0.25) is 0 Å². The van der Waals surface area contributed by atoms with Gasteiger partial charge in [0.1, 0.15) is 18.2 Å². The number of anilines is 1. The number of hydrogen-bond acceptors (Lipinski definition) is 7. The van der Waals surface area contributed by atoms with Crippen molar-refractivity contribution >= 4 is 42.4 Å². The second-order valence-electron chi connectivity index (χ2n) is 6.58. The number of ether oxygens (including phenoxy) is 1. The monoisotopic (exact) mass is 456 g/mol. The van der Waals surface area contributed by atoms with Gasteiger partial charge >= 0.3 is 5.97 Å². The molecule has 2 aromatic rings. The maximum Gasteiger partial charge on any atom is 0.303 e. The molecule has 0 amide bonds. The predicted molar refractivity (Wildman–Crippen MR) is 118 cm³/mol. The molecule has 0 spiro atoms. The van der Waals surface area contributed by atoms with E-state index in [1.165, 1.54) is 0 Å². The molecule has 1 aromatic carbocycles. The summed E-state index contributed by atoms with van der Waals surface area (Å²) in [5.74, 6) is 0.477. The first kappa shape index (κ1) is 25.6. The molecule has 1 aliphatic rings. The lowest BCUT2D eigenvalue weighted by Crippen LogP contribution is -2.47. The van der Waals surface area contributed by atoms with Gasteiger partial charge in [-0.1, -0.05) is 0 Å². The van der Waals surface area contributed by atoms with Crippen molar-refractivity contribution in [3.05, 3.63) is 48.4 Å². The third-order valence-electron chi connectivity index (χ3n) is 4.66. The number of ketones is 1. The zero-order chi connectivity index (χ0) is 19.8. The molecule has 0 unspecified atom stereocenters. The van der Waals surface area contributed by atoms with Crippen molar-refractivity contribution in [1.29, 1.82) is 0 Å². The van der Waals surface area contributed by atoms with Crippen molar-refractivity contribution in [2.24, 2.45) is 0 Å². The fourth-order valence-corrected chi connectivity index (χ4v) is 3.05. The minimum atomic E-state index is -0.967. The van der Waals surface area contributed by atoms with Gasteiger partial charge in [-0.25, -0.2) is 4.98 Å². The third-order valence-corrected chi connectivity index (χ3v) is 4.66. The number of piperazine rings is 1. The highest BCUT2D eigenvalue weighted by atomic mass is 35.5. The minimum absolute atomic E-state index is 0. The van der Waals surface area contributed by atoms with Gasteiger partial charge in [-0.2, -0.15) is 0 Å². The molecule has 0 aliphatic carbocycles. The zero-order valence-electron chi connectivity index (χ0n) is 16.5. The first-order valence-electron chi connectivity index (χ1n) is 9.33. The van der Waals surface area contributed by atoms with Gasteiger partial charge in [-0.15, -0.1) is 24.8 Å². The molecular formula is C20H26Cl2N4O4. The Hall–Kier alpha value is -2.42. The number of nitrogens with zero attached hydrogens (tertiary/aromatic N) is 4. The Labute approximate surface area is 188 Å². The lowest BCUT2D eigenvalue weighted by atomic mass is 10.1. The molecule has 2 heterocycles. The molecule has 164 valence electrons. The van der Waals surface area contributed by atoms with E-state index in [0.29, 0.717) is 17.9 Å². The van der Waals surface area contributed by atoms with Crippen molar-refractivity contribution < 1.29 is 19.4 Å². The van der Waals surface area contributed by atoms with Crippen LogP contribution in [0.5, 0.6) is 5.75 Å². The molecule has 0 atom stereocenters. The zero-order valence-corrected chi connectivity index (χ0v) is 18.1. The number of hydrogen-bond donors (Lipinski definition) is 1. The largest absolute Gasteiger partial charge is 0.492 e. The number of benzene rings is 1. The van der Waals surface area contributed by atoms with Gasteiger partial charge in [0.05, 0.1) is 12.6 Å². The van der Waals surface area contributed by atoms with Crippen LogP contribution in [0.4, 0.5) is 5.82 Å². The number of Topliss-reactive ketones (excluding diaryl/α,β-unsaturated/α-hetero) is 1. The number of rotatable bonds is 9. The van der Waals surface area contributed by atoms with E-state index in [1.807, 2.05) is 0 Å². The van der Waals surface area contributed by atoms with Crippen LogP contribution in [0.3, 0.4) is 0 Å². The van der Waals surface area contributed by atoms with Crippen molar-refractivity contribution in [1.82, 2.24) is 14.9 Å². The van der Waals surface area contributed by atoms with Gasteiger partial charge in [-0.3, -0.25) is 19.5 Å². The first-order chi connectivity index (χ1) is 13.6. The third kappa shape index (κ3) is 7.78. The van der Waals surface area contributed by atoms with Gasteiger partial charge in [-0.05, 0) is 24.3 Å². The Morgan fingerprint density at radius 2 is 1.70 bits per heavy atom. The highest BCUT2D eigenvalue weighted by Crippen LogP contribution is 2.15. The number of carboxylic acid groups (broad SMARTS) is 1. The van der Waals surface area contributed by atoms with E-state index in [2.05, 4.69) is 19.8 Å². The molecular weight excluding hydrogens is 431 g/mol. The second-order valence-corrected chi connectivity index (χ2v) is 6.58. The Kier molecular flexibility index (Phi) is 11.1. The lowest BCUT2D eigenvalue weighted by Gasteiger charge is -2.35. The topological polar surface area (TPSA) is 95.9 Å². The van der Waals surface area contributed by atoms with Crippen LogP contribution in [-0.2, 0) is 4.79 Å². The fourth-order valence-electron chi connectivity index (χ4n) is 3.05. The summed E-state index contributed by atoms with van der Waals surface area (Å²) in [5, 5.41) is 8.65. The molecule has 0 saturated carbocycles. The number of halogens is 2. The van der Waals surface area contributed by atoms with Crippen molar-refractivity contribution in [2.75, 3.05) is 44.2 Å². The van der Waals surface area contributed by atoms with Gasteiger partial charge in [0.25, 0.3) is 0 Å². The molecule has 0 radical (unpaired) electrons. The van der Waals surface area contributed by atoms with Crippen LogP contribution in [0.25, 0.3) is 0 Å². The van der Waals surface area contributed by atoms with Crippen LogP contribution in [0.1, 0.15) is 23.2 Å². The molecule has 1 aromatic heterocycles. The van der Waals surface area contributed by atoms with E-state index in [1.54, 1.807) is 42.9 Å². The molecule has 1 N–H and O–H groups in total. The number of carbonyl (C=O) groups is 2. The number of carbonyl (C=O) groups excluding carboxylic acids is 1. The van der Waals surface area contributed by atoms with E-state index in [4.69, 9.17) is 9.84 Å². The van der Waals surface area contributed by atoms with Gasteiger partial charge in [0.15, 0.2) is 5.78 Å². The molecule has 10 heteroatoms. The lowest BCUT2D eigenvalue weighted by molar-refractivity contribution is -0.136. The normalized spacial score (nSPS) is 13.7. The summed E-state index contributed by atoms with van der Waals surface area (Å²) >= 11 is 0. The average Bonchev–Trinajstić information content (AvgIpc) is 2.73. The van der Waals surface area contributed by atoms with Gasteiger partial charge in [0, 0.05) is 57.1 Å². The summed E-state index contributed by atoms with van der Waals surface area (Å²) in [4.78, 5) is 35.4. The highest BCUT2D eigenvalue weighted by molar-refractivity contribution is 5.97. The quantitative estimate of drug-likeness (QED) is 0.575. The van der Waals surface area contributed by atoms with Crippen LogP contribution in [-0.4, -0.2) is 71.1 Å². The molecule has 1 aliphatic heterocycles. The molecule has 30 heavy (non-hydrogen) atoms.